The number of hydrogen-bond acceptors (Lipinski definition) is 1. The van der Waals surface area contributed by atoms with Crippen LogP contribution in [0, 0.1) is 0 Å². The topological polar surface area (TPSA) is 20.2 Å². The molecule has 0 aliphatic heterocycles. The molecule has 0 fully saturated rings. The third-order valence-electron chi connectivity index (χ3n) is 5.03. The summed E-state index contributed by atoms with van der Waals surface area (Å²) in [5, 5.41) is 18.1. The molecule has 1 unspecified atom stereocenters. The molecule has 1 aliphatic carbocycles. The van der Waals surface area contributed by atoms with Gasteiger partial charge in [0.15, 0.2) is 0 Å². The first-order valence-corrected chi connectivity index (χ1v) is 7.67. The Morgan fingerprint density at radius 1 is 0.857 bits per heavy atom. The summed E-state index contributed by atoms with van der Waals surface area (Å²) >= 11 is 0. The fourth-order valence-corrected chi connectivity index (χ4v) is 4.07. The Bertz CT molecular complexity index is 968. The van der Waals surface area contributed by atoms with Crippen molar-refractivity contribution in [3.63, 3.8) is 0 Å². The zero-order chi connectivity index (χ0) is 14.0. The summed E-state index contributed by atoms with van der Waals surface area (Å²) in [6.45, 7) is 0. The van der Waals surface area contributed by atoms with Gasteiger partial charge in [-0.25, -0.2) is 0 Å². The standard InChI is InChI=1S/C20H16O/c21-16-7-9-17-15(11-16)10-14-5-4-12-2-1-3-13-6-8-18(17)20(14)19(12)13/h1-6,8,10,16,21H,7,9,11H2. The molecule has 1 N–H and O–H groups in total. The van der Waals surface area contributed by atoms with Gasteiger partial charge in [-0.15, -0.1) is 0 Å². The van der Waals surface area contributed by atoms with Gasteiger partial charge in [0, 0.05) is 0 Å². The van der Waals surface area contributed by atoms with E-state index in [1.807, 2.05) is 0 Å². The number of fused-ring (bicyclic) bond motifs is 2. The van der Waals surface area contributed by atoms with Gasteiger partial charge in [-0.1, -0.05) is 48.5 Å². The van der Waals surface area contributed by atoms with Crippen LogP contribution in [-0.4, -0.2) is 11.2 Å². The molecule has 102 valence electrons. The van der Waals surface area contributed by atoms with Crippen LogP contribution in [0.3, 0.4) is 0 Å². The Balaban J connectivity index is 2.02. The van der Waals surface area contributed by atoms with Gasteiger partial charge in [-0.2, -0.15) is 0 Å². The van der Waals surface area contributed by atoms with E-state index in [-0.39, 0.29) is 6.10 Å². The van der Waals surface area contributed by atoms with Crippen LogP contribution in [0.1, 0.15) is 17.5 Å². The van der Waals surface area contributed by atoms with Crippen LogP contribution >= 0.6 is 0 Å². The lowest BCUT2D eigenvalue weighted by molar-refractivity contribution is 0.159. The van der Waals surface area contributed by atoms with Crippen LogP contribution in [0.4, 0.5) is 0 Å². The maximum absolute atomic E-state index is 9.96. The average molecular weight is 272 g/mol. The number of aryl methyl sites for hydroxylation is 1. The minimum atomic E-state index is -0.175. The van der Waals surface area contributed by atoms with Crippen LogP contribution < -0.4 is 0 Å². The third kappa shape index (κ3) is 1.50. The van der Waals surface area contributed by atoms with E-state index >= 15 is 0 Å². The van der Waals surface area contributed by atoms with E-state index in [9.17, 15) is 5.11 Å². The number of hydrogen-bond donors (Lipinski definition) is 1. The molecule has 0 bridgehead atoms. The molecule has 1 nitrogen and oxygen atoms in total. The molecule has 1 heteroatoms. The highest BCUT2D eigenvalue weighted by Crippen LogP contribution is 2.39. The van der Waals surface area contributed by atoms with E-state index in [2.05, 4.69) is 48.5 Å². The van der Waals surface area contributed by atoms with Crippen molar-refractivity contribution in [3.05, 3.63) is 59.7 Å². The summed E-state index contributed by atoms with van der Waals surface area (Å²) < 4.78 is 0. The van der Waals surface area contributed by atoms with Crippen molar-refractivity contribution in [2.45, 2.75) is 25.4 Å². The molecule has 4 aromatic carbocycles. The quantitative estimate of drug-likeness (QED) is 0.469. The number of aliphatic hydroxyl groups is 1. The maximum atomic E-state index is 9.96. The maximum Gasteiger partial charge on any atom is 0.0583 e. The molecule has 1 atom stereocenters. The van der Waals surface area contributed by atoms with Crippen LogP contribution in [0.25, 0.3) is 32.3 Å². The Labute approximate surface area is 123 Å². The van der Waals surface area contributed by atoms with Gasteiger partial charge in [0.25, 0.3) is 0 Å². The predicted octanol–water partition coefficient (Wildman–Crippen LogP) is 4.43. The van der Waals surface area contributed by atoms with Gasteiger partial charge in [-0.3, -0.25) is 0 Å². The zero-order valence-electron chi connectivity index (χ0n) is 11.8. The molecule has 0 saturated carbocycles. The highest BCUT2D eigenvalue weighted by molar-refractivity contribution is 6.23. The van der Waals surface area contributed by atoms with Crippen molar-refractivity contribution < 1.29 is 5.11 Å². The molecule has 0 heterocycles. The van der Waals surface area contributed by atoms with Crippen molar-refractivity contribution in [2.24, 2.45) is 0 Å². The molecule has 0 amide bonds. The summed E-state index contributed by atoms with van der Waals surface area (Å²) in [5.74, 6) is 0. The Hall–Kier alpha value is -2.12. The summed E-state index contributed by atoms with van der Waals surface area (Å²) in [7, 11) is 0. The van der Waals surface area contributed by atoms with E-state index in [4.69, 9.17) is 0 Å². The van der Waals surface area contributed by atoms with Crippen LogP contribution in [0.15, 0.2) is 48.5 Å². The number of rotatable bonds is 0. The van der Waals surface area contributed by atoms with Crippen LogP contribution in [0.5, 0.6) is 0 Å². The summed E-state index contributed by atoms with van der Waals surface area (Å²) in [5.41, 5.74) is 2.78. The van der Waals surface area contributed by atoms with Crippen molar-refractivity contribution >= 4 is 32.3 Å². The molecule has 21 heavy (non-hydrogen) atoms. The molecular formula is C20H16O. The average Bonchev–Trinajstić information content (AvgIpc) is 2.51. The number of benzene rings is 4. The van der Waals surface area contributed by atoms with E-state index in [0.29, 0.717) is 0 Å². The van der Waals surface area contributed by atoms with Gasteiger partial charge >= 0.3 is 0 Å². The van der Waals surface area contributed by atoms with Gasteiger partial charge in [0.1, 0.15) is 0 Å². The third-order valence-corrected chi connectivity index (χ3v) is 5.03. The minimum Gasteiger partial charge on any atom is -0.393 e. The SMILES string of the molecule is OC1CCc2c(cc3ccc4cccc5ccc2c3c45)C1. The van der Waals surface area contributed by atoms with Gasteiger partial charge in [-0.05, 0) is 62.7 Å². The number of aliphatic hydroxyl groups excluding tert-OH is 1. The fraction of sp³-hybridized carbons (Fsp3) is 0.200. The van der Waals surface area contributed by atoms with Crippen LogP contribution in [0.2, 0.25) is 0 Å². The minimum absolute atomic E-state index is 0.175. The lowest BCUT2D eigenvalue weighted by Crippen LogP contribution is -2.18. The fourth-order valence-electron chi connectivity index (χ4n) is 4.07. The van der Waals surface area contributed by atoms with Gasteiger partial charge < -0.3 is 5.11 Å². The normalized spacial score (nSPS) is 18.6. The highest BCUT2D eigenvalue weighted by Gasteiger charge is 2.20. The lowest BCUT2D eigenvalue weighted by Gasteiger charge is -2.24. The molecule has 4 aromatic rings. The second kappa shape index (κ2) is 3.96. The molecular weight excluding hydrogens is 256 g/mol. The Morgan fingerprint density at radius 3 is 2.48 bits per heavy atom. The van der Waals surface area contributed by atoms with Crippen molar-refractivity contribution in [3.8, 4) is 0 Å². The highest BCUT2D eigenvalue weighted by atomic mass is 16.3. The van der Waals surface area contributed by atoms with Gasteiger partial charge in [0.2, 0.25) is 0 Å². The van der Waals surface area contributed by atoms with Gasteiger partial charge in [0.05, 0.1) is 6.10 Å². The molecule has 0 radical (unpaired) electrons. The molecule has 0 saturated heterocycles. The smallest absolute Gasteiger partial charge is 0.0583 e. The second-order valence-corrected chi connectivity index (χ2v) is 6.27. The molecule has 5 rings (SSSR count). The van der Waals surface area contributed by atoms with Crippen molar-refractivity contribution in [1.82, 2.24) is 0 Å². The first-order chi connectivity index (χ1) is 10.3. The van der Waals surface area contributed by atoms with E-state index in [1.165, 1.54) is 43.4 Å². The van der Waals surface area contributed by atoms with E-state index in [1.54, 1.807) is 0 Å². The Morgan fingerprint density at radius 2 is 1.62 bits per heavy atom. The van der Waals surface area contributed by atoms with E-state index < -0.39 is 0 Å². The zero-order valence-corrected chi connectivity index (χ0v) is 11.8. The summed E-state index contributed by atoms with van der Waals surface area (Å²) in [4.78, 5) is 0. The predicted molar refractivity (Wildman–Crippen MR) is 88.2 cm³/mol. The summed E-state index contributed by atoms with van der Waals surface area (Å²) in [6, 6.07) is 17.8. The monoisotopic (exact) mass is 272 g/mol. The molecule has 0 spiro atoms. The first-order valence-electron chi connectivity index (χ1n) is 7.67. The van der Waals surface area contributed by atoms with Crippen LogP contribution in [-0.2, 0) is 12.8 Å². The first kappa shape index (κ1) is 11.5. The Kier molecular flexibility index (Phi) is 2.17. The van der Waals surface area contributed by atoms with Crippen molar-refractivity contribution in [2.75, 3.05) is 0 Å². The summed E-state index contributed by atoms with van der Waals surface area (Å²) in [6.07, 6.45) is 2.50. The second-order valence-electron chi connectivity index (χ2n) is 6.27. The largest absolute Gasteiger partial charge is 0.393 e. The molecule has 0 aromatic heterocycles. The lowest BCUT2D eigenvalue weighted by atomic mass is 9.83. The van der Waals surface area contributed by atoms with Crippen molar-refractivity contribution in [1.29, 1.82) is 0 Å². The molecule has 1 aliphatic rings. The van der Waals surface area contributed by atoms with E-state index in [0.717, 1.165) is 19.3 Å².